The molecule has 1 N–H and O–H groups in total. The average Bonchev–Trinajstić information content (AvgIpc) is 3.28. The molecule has 5 rings (SSSR count). The van der Waals surface area contributed by atoms with Crippen molar-refractivity contribution in [3.05, 3.63) is 71.4 Å². The largest absolute Gasteiger partial charge is 0.458 e. The highest BCUT2D eigenvalue weighted by Crippen LogP contribution is 2.37. The Labute approximate surface area is 226 Å². The first-order chi connectivity index (χ1) is 18.4. The molecule has 8 nitrogen and oxygen atoms in total. The molecule has 0 amide bonds. The number of carbonyl (C=O) groups excluding carboxylic acids is 1. The van der Waals surface area contributed by atoms with Crippen LogP contribution in [0.1, 0.15) is 54.3 Å². The van der Waals surface area contributed by atoms with E-state index in [1.54, 1.807) is 43.3 Å². The molecule has 2 aromatic heterocycles. The fourth-order valence-electron chi connectivity index (χ4n) is 4.88. The Bertz CT molecular complexity index is 1550. The van der Waals surface area contributed by atoms with E-state index in [4.69, 9.17) is 4.74 Å². The van der Waals surface area contributed by atoms with E-state index in [0.717, 1.165) is 25.7 Å². The number of anilines is 3. The minimum absolute atomic E-state index is 0.0484. The maximum absolute atomic E-state index is 13.8. The predicted molar refractivity (Wildman–Crippen MR) is 151 cm³/mol. The average molecular weight is 551 g/mol. The van der Waals surface area contributed by atoms with Gasteiger partial charge in [-0.25, -0.2) is 23.2 Å². The second-order valence-electron chi connectivity index (χ2n) is 9.25. The van der Waals surface area contributed by atoms with Crippen LogP contribution in [-0.4, -0.2) is 37.0 Å². The first-order valence-corrected chi connectivity index (χ1v) is 15.0. The summed E-state index contributed by atoms with van der Waals surface area (Å²) in [5.74, 6) is 0.0960. The van der Waals surface area contributed by atoms with Gasteiger partial charge in [0, 0.05) is 6.54 Å². The van der Waals surface area contributed by atoms with Gasteiger partial charge in [0.25, 0.3) is 10.0 Å². The van der Waals surface area contributed by atoms with Crippen molar-refractivity contribution in [1.29, 1.82) is 0 Å². The molecule has 0 bridgehead atoms. The first kappa shape index (κ1) is 26.1. The third-order valence-corrected chi connectivity index (χ3v) is 9.92. The summed E-state index contributed by atoms with van der Waals surface area (Å²) in [6.07, 6.45) is 6.48. The van der Waals surface area contributed by atoms with Gasteiger partial charge >= 0.3 is 5.97 Å². The number of benzene rings is 2. The summed E-state index contributed by atoms with van der Waals surface area (Å²) in [7, 11) is -3.89. The Hall–Kier alpha value is -3.50. The van der Waals surface area contributed by atoms with Gasteiger partial charge in [-0.2, -0.15) is 0 Å². The van der Waals surface area contributed by atoms with Crippen LogP contribution in [0, 0.1) is 6.92 Å². The van der Waals surface area contributed by atoms with Crippen molar-refractivity contribution < 1.29 is 17.9 Å². The fraction of sp³-hybridized carbons (Fsp3) is 0.321. The third-order valence-electron chi connectivity index (χ3n) is 6.78. The number of hydrogen-bond donors (Lipinski definition) is 1. The number of aryl methyl sites for hydroxylation is 1. The SMILES string of the molecule is CCN(c1ccccc1)S(=O)(=O)c1ccccc1Nc1ncnc2sc(C(=O)OC3CCCCC3)c(C)c12. The van der Waals surface area contributed by atoms with E-state index < -0.39 is 10.0 Å². The molecule has 0 spiro atoms. The van der Waals surface area contributed by atoms with Crippen LogP contribution >= 0.6 is 11.3 Å². The Kier molecular flexibility index (Phi) is 7.62. The Morgan fingerprint density at radius 2 is 1.76 bits per heavy atom. The van der Waals surface area contributed by atoms with E-state index in [2.05, 4.69) is 15.3 Å². The number of rotatable bonds is 8. The molecular formula is C28H30N4O4S2. The molecule has 0 unspecified atom stereocenters. The van der Waals surface area contributed by atoms with Crippen molar-refractivity contribution in [1.82, 2.24) is 9.97 Å². The summed E-state index contributed by atoms with van der Waals surface area (Å²) in [6.45, 7) is 3.92. The maximum atomic E-state index is 13.8. The number of thiophene rings is 1. The Balaban J connectivity index is 1.49. The molecular weight excluding hydrogens is 520 g/mol. The Morgan fingerprint density at radius 3 is 2.50 bits per heavy atom. The molecule has 4 aromatic rings. The monoisotopic (exact) mass is 550 g/mol. The number of ether oxygens (including phenoxy) is 1. The zero-order valence-corrected chi connectivity index (χ0v) is 23.0. The maximum Gasteiger partial charge on any atom is 0.348 e. The third kappa shape index (κ3) is 5.10. The number of hydrogen-bond acceptors (Lipinski definition) is 8. The lowest BCUT2D eigenvalue weighted by Crippen LogP contribution is -2.31. The van der Waals surface area contributed by atoms with Gasteiger partial charge < -0.3 is 10.1 Å². The minimum atomic E-state index is -3.89. The van der Waals surface area contributed by atoms with Gasteiger partial charge in [-0.05, 0) is 69.4 Å². The van der Waals surface area contributed by atoms with Gasteiger partial charge in [0.1, 0.15) is 32.9 Å². The second-order valence-corrected chi connectivity index (χ2v) is 12.1. The van der Waals surface area contributed by atoms with Gasteiger partial charge in [0.2, 0.25) is 0 Å². The summed E-state index contributed by atoms with van der Waals surface area (Å²) in [6, 6.07) is 15.8. The quantitative estimate of drug-likeness (QED) is 0.252. The van der Waals surface area contributed by atoms with Crippen LogP contribution in [0.15, 0.2) is 65.8 Å². The molecule has 1 aliphatic rings. The molecule has 0 saturated heterocycles. The van der Waals surface area contributed by atoms with Gasteiger partial charge in [0.15, 0.2) is 0 Å². The molecule has 2 aromatic carbocycles. The van der Waals surface area contributed by atoms with E-state index in [0.29, 0.717) is 37.8 Å². The lowest BCUT2D eigenvalue weighted by Gasteiger charge is -2.24. The number of para-hydroxylation sites is 2. The molecule has 1 aliphatic carbocycles. The highest BCUT2D eigenvalue weighted by Gasteiger charge is 2.28. The summed E-state index contributed by atoms with van der Waals surface area (Å²) in [4.78, 5) is 23.1. The van der Waals surface area contributed by atoms with Crippen LogP contribution in [0.2, 0.25) is 0 Å². The predicted octanol–water partition coefficient (Wildman–Crippen LogP) is 6.45. The smallest absolute Gasteiger partial charge is 0.348 e. The molecule has 0 radical (unpaired) electrons. The summed E-state index contributed by atoms with van der Waals surface area (Å²) >= 11 is 1.27. The van der Waals surface area contributed by atoms with Crippen LogP contribution in [0.3, 0.4) is 0 Å². The fourth-order valence-corrected chi connectivity index (χ4v) is 7.53. The van der Waals surface area contributed by atoms with Crippen LogP contribution in [0.4, 0.5) is 17.2 Å². The lowest BCUT2D eigenvalue weighted by molar-refractivity contribution is 0.0216. The van der Waals surface area contributed by atoms with Crippen molar-refractivity contribution >= 4 is 54.7 Å². The van der Waals surface area contributed by atoms with E-state index in [1.807, 2.05) is 25.1 Å². The molecule has 0 aliphatic heterocycles. The standard InChI is InChI=1S/C28H30N4O4S2/c1-3-32(20-12-6-4-7-13-20)38(34,35)23-17-11-10-16-22(23)31-26-24-19(2)25(37-27(24)30-18-29-26)28(33)36-21-14-8-5-9-15-21/h4,6-7,10-13,16-18,21H,3,5,8-9,14-15H2,1-2H3,(H,29,30,31). The molecule has 0 atom stereocenters. The lowest BCUT2D eigenvalue weighted by atomic mass is 9.98. The van der Waals surface area contributed by atoms with E-state index in [9.17, 15) is 13.2 Å². The van der Waals surface area contributed by atoms with Crippen molar-refractivity contribution in [3.8, 4) is 0 Å². The summed E-state index contributed by atoms with van der Waals surface area (Å²) in [5, 5.41) is 3.90. The van der Waals surface area contributed by atoms with Gasteiger partial charge in [-0.3, -0.25) is 4.31 Å². The highest BCUT2D eigenvalue weighted by atomic mass is 32.2. The molecule has 38 heavy (non-hydrogen) atoms. The number of esters is 1. The number of sulfonamides is 1. The number of aromatic nitrogens is 2. The molecule has 198 valence electrons. The molecule has 2 heterocycles. The van der Waals surface area contributed by atoms with Crippen LogP contribution < -0.4 is 9.62 Å². The van der Waals surface area contributed by atoms with Gasteiger partial charge in [-0.1, -0.05) is 36.8 Å². The number of nitrogens with zero attached hydrogens (tertiary/aromatic N) is 3. The van der Waals surface area contributed by atoms with Gasteiger partial charge in [-0.15, -0.1) is 11.3 Å². The van der Waals surface area contributed by atoms with Crippen LogP contribution in [0.25, 0.3) is 10.2 Å². The summed E-state index contributed by atoms with van der Waals surface area (Å²) in [5.41, 5.74) is 1.69. The zero-order chi connectivity index (χ0) is 26.7. The van der Waals surface area contributed by atoms with Crippen molar-refractivity contribution in [2.75, 3.05) is 16.2 Å². The highest BCUT2D eigenvalue weighted by molar-refractivity contribution is 7.93. The van der Waals surface area contributed by atoms with Crippen LogP contribution in [0.5, 0.6) is 0 Å². The zero-order valence-electron chi connectivity index (χ0n) is 21.4. The van der Waals surface area contributed by atoms with E-state index >= 15 is 0 Å². The second kappa shape index (κ2) is 11.1. The minimum Gasteiger partial charge on any atom is -0.458 e. The molecule has 10 heteroatoms. The van der Waals surface area contributed by atoms with Crippen molar-refractivity contribution in [3.63, 3.8) is 0 Å². The number of carbonyl (C=O) groups is 1. The van der Waals surface area contributed by atoms with E-state index in [-0.39, 0.29) is 23.5 Å². The first-order valence-electron chi connectivity index (χ1n) is 12.8. The number of nitrogens with one attached hydrogen (secondary N) is 1. The normalized spacial score (nSPS) is 14.4. The van der Waals surface area contributed by atoms with Crippen molar-refractivity contribution in [2.24, 2.45) is 0 Å². The number of fused-ring (bicyclic) bond motifs is 1. The molecule has 1 fully saturated rings. The molecule has 1 saturated carbocycles. The topological polar surface area (TPSA) is 101 Å². The van der Waals surface area contributed by atoms with Crippen molar-refractivity contribution in [2.45, 2.75) is 57.0 Å². The van der Waals surface area contributed by atoms with Gasteiger partial charge in [0.05, 0.1) is 16.8 Å². The Morgan fingerprint density at radius 1 is 1.05 bits per heavy atom. The van der Waals surface area contributed by atoms with Crippen LogP contribution in [-0.2, 0) is 14.8 Å². The summed E-state index contributed by atoms with van der Waals surface area (Å²) < 4.78 is 34.7. The van der Waals surface area contributed by atoms with E-state index in [1.165, 1.54) is 28.4 Å².